The molecule has 1 unspecified atom stereocenters. The van der Waals surface area contributed by atoms with Crippen molar-refractivity contribution in [3.8, 4) is 0 Å². The van der Waals surface area contributed by atoms with Crippen LogP contribution in [0.3, 0.4) is 0 Å². The fourth-order valence-corrected chi connectivity index (χ4v) is 2.25. The Kier molecular flexibility index (Phi) is 4.02. The Morgan fingerprint density at radius 3 is 3.06 bits per heavy atom. The van der Waals surface area contributed by atoms with Crippen molar-refractivity contribution in [1.29, 1.82) is 0 Å². The van der Waals surface area contributed by atoms with Crippen molar-refractivity contribution in [2.45, 2.75) is 25.9 Å². The molecule has 1 aromatic rings. The Morgan fingerprint density at radius 1 is 1.47 bits per heavy atom. The van der Waals surface area contributed by atoms with Crippen LogP contribution in [0.25, 0.3) is 0 Å². The molecule has 0 radical (unpaired) electrons. The van der Waals surface area contributed by atoms with Crippen LogP contribution in [0.2, 0.25) is 0 Å². The Morgan fingerprint density at radius 2 is 2.29 bits per heavy atom. The predicted molar refractivity (Wildman–Crippen MR) is 71.4 cm³/mol. The number of nitrogens with one attached hydrogen (secondary N) is 1. The van der Waals surface area contributed by atoms with E-state index in [0.717, 1.165) is 26.1 Å². The van der Waals surface area contributed by atoms with Crippen molar-refractivity contribution < 1.29 is 4.74 Å². The highest BCUT2D eigenvalue weighted by Gasteiger charge is 2.13. The standard InChI is InChI=1S/C14H22N2O/c1-11(10-17-3)16(2)9-12-4-5-13-6-7-15-14(13)8-12/h4-5,8,11,15H,6-7,9-10H2,1-3H3. The van der Waals surface area contributed by atoms with Crippen molar-refractivity contribution in [2.75, 3.05) is 32.6 Å². The number of anilines is 1. The maximum Gasteiger partial charge on any atom is 0.0615 e. The third-order valence-electron chi connectivity index (χ3n) is 3.48. The predicted octanol–water partition coefficient (Wildman–Crippen LogP) is 2.12. The number of nitrogens with zero attached hydrogens (tertiary/aromatic N) is 1. The van der Waals surface area contributed by atoms with Crippen LogP contribution in [0.15, 0.2) is 18.2 Å². The van der Waals surface area contributed by atoms with Gasteiger partial charge in [-0.05, 0) is 37.6 Å². The monoisotopic (exact) mass is 234 g/mol. The lowest BCUT2D eigenvalue weighted by Crippen LogP contribution is -2.32. The second kappa shape index (κ2) is 5.52. The van der Waals surface area contributed by atoms with Gasteiger partial charge in [0.25, 0.3) is 0 Å². The molecule has 94 valence electrons. The fourth-order valence-electron chi connectivity index (χ4n) is 2.25. The summed E-state index contributed by atoms with van der Waals surface area (Å²) in [6.45, 7) is 5.02. The summed E-state index contributed by atoms with van der Waals surface area (Å²) in [7, 11) is 3.90. The van der Waals surface area contributed by atoms with Crippen molar-refractivity contribution in [2.24, 2.45) is 0 Å². The second-order valence-electron chi connectivity index (χ2n) is 4.89. The molecule has 1 aliphatic rings. The molecule has 0 spiro atoms. The van der Waals surface area contributed by atoms with E-state index in [1.54, 1.807) is 7.11 Å². The first-order chi connectivity index (χ1) is 8.20. The molecule has 0 aromatic heterocycles. The Hall–Kier alpha value is -1.06. The molecule has 1 aliphatic heterocycles. The van der Waals surface area contributed by atoms with E-state index < -0.39 is 0 Å². The van der Waals surface area contributed by atoms with Gasteiger partial charge in [-0.15, -0.1) is 0 Å². The van der Waals surface area contributed by atoms with Crippen molar-refractivity contribution in [3.05, 3.63) is 29.3 Å². The Labute approximate surface area is 104 Å². The van der Waals surface area contributed by atoms with Gasteiger partial charge in [-0.1, -0.05) is 12.1 Å². The summed E-state index contributed by atoms with van der Waals surface area (Å²) in [6.07, 6.45) is 1.16. The third kappa shape index (κ3) is 2.99. The molecule has 0 fully saturated rings. The summed E-state index contributed by atoms with van der Waals surface area (Å²) < 4.78 is 5.18. The highest BCUT2D eigenvalue weighted by molar-refractivity contribution is 5.56. The lowest BCUT2D eigenvalue weighted by atomic mass is 10.1. The Bertz CT molecular complexity index is 378. The number of hydrogen-bond acceptors (Lipinski definition) is 3. The molecule has 1 N–H and O–H groups in total. The van der Waals surface area contributed by atoms with E-state index in [9.17, 15) is 0 Å². The van der Waals surface area contributed by atoms with Gasteiger partial charge in [-0.3, -0.25) is 4.90 Å². The minimum Gasteiger partial charge on any atom is -0.384 e. The van der Waals surface area contributed by atoms with Crippen molar-refractivity contribution in [3.63, 3.8) is 0 Å². The molecule has 3 nitrogen and oxygen atoms in total. The van der Waals surface area contributed by atoms with E-state index in [1.807, 2.05) is 0 Å². The van der Waals surface area contributed by atoms with Gasteiger partial charge in [0.2, 0.25) is 0 Å². The number of benzene rings is 1. The number of hydrogen-bond donors (Lipinski definition) is 1. The molecule has 17 heavy (non-hydrogen) atoms. The molecule has 0 saturated carbocycles. The minimum absolute atomic E-state index is 0.446. The van der Waals surface area contributed by atoms with Gasteiger partial charge in [0.15, 0.2) is 0 Å². The van der Waals surface area contributed by atoms with Gasteiger partial charge >= 0.3 is 0 Å². The second-order valence-corrected chi connectivity index (χ2v) is 4.89. The van der Waals surface area contributed by atoms with E-state index in [2.05, 4.69) is 42.4 Å². The summed E-state index contributed by atoms with van der Waals surface area (Å²) in [5, 5.41) is 3.42. The van der Waals surface area contributed by atoms with Crippen LogP contribution in [0.5, 0.6) is 0 Å². The van der Waals surface area contributed by atoms with Crippen LogP contribution < -0.4 is 5.32 Å². The maximum absolute atomic E-state index is 5.18. The normalized spacial score (nSPS) is 15.8. The van der Waals surface area contributed by atoms with E-state index in [-0.39, 0.29) is 0 Å². The van der Waals surface area contributed by atoms with Crippen LogP contribution in [0.1, 0.15) is 18.1 Å². The molecule has 2 rings (SSSR count). The van der Waals surface area contributed by atoms with Gasteiger partial charge in [0, 0.05) is 31.9 Å². The summed E-state index contributed by atoms with van der Waals surface area (Å²) >= 11 is 0. The number of fused-ring (bicyclic) bond motifs is 1. The lowest BCUT2D eigenvalue weighted by Gasteiger charge is -2.24. The molecule has 0 aliphatic carbocycles. The average molecular weight is 234 g/mol. The van der Waals surface area contributed by atoms with E-state index in [0.29, 0.717) is 6.04 Å². The number of likely N-dealkylation sites (N-methyl/N-ethyl adjacent to an activating group) is 1. The van der Waals surface area contributed by atoms with Crippen molar-refractivity contribution in [1.82, 2.24) is 4.90 Å². The molecule has 1 aromatic carbocycles. The van der Waals surface area contributed by atoms with E-state index in [4.69, 9.17) is 4.74 Å². The number of ether oxygens (including phenoxy) is 1. The third-order valence-corrected chi connectivity index (χ3v) is 3.48. The van der Waals surface area contributed by atoms with Crippen LogP contribution >= 0.6 is 0 Å². The molecule has 1 atom stereocenters. The van der Waals surface area contributed by atoms with Gasteiger partial charge in [-0.2, -0.15) is 0 Å². The number of rotatable bonds is 5. The van der Waals surface area contributed by atoms with Crippen LogP contribution in [-0.4, -0.2) is 38.3 Å². The molecule has 0 saturated heterocycles. The van der Waals surface area contributed by atoms with Crippen LogP contribution in [-0.2, 0) is 17.7 Å². The first-order valence-electron chi connectivity index (χ1n) is 6.25. The quantitative estimate of drug-likeness (QED) is 0.844. The van der Waals surface area contributed by atoms with Crippen LogP contribution in [0.4, 0.5) is 5.69 Å². The zero-order valence-electron chi connectivity index (χ0n) is 11.0. The van der Waals surface area contributed by atoms with Gasteiger partial charge in [-0.25, -0.2) is 0 Å². The molecule has 3 heteroatoms. The summed E-state index contributed by atoms with van der Waals surface area (Å²) in [5.41, 5.74) is 4.13. The van der Waals surface area contributed by atoms with Gasteiger partial charge < -0.3 is 10.1 Å². The Balaban J connectivity index is 1.99. The molecule has 1 heterocycles. The summed E-state index contributed by atoms with van der Waals surface area (Å²) in [6, 6.07) is 7.21. The molecular formula is C14H22N2O. The highest BCUT2D eigenvalue weighted by Crippen LogP contribution is 2.23. The molecular weight excluding hydrogens is 212 g/mol. The SMILES string of the molecule is COCC(C)N(C)Cc1ccc2c(c1)NCC2. The van der Waals surface area contributed by atoms with E-state index >= 15 is 0 Å². The highest BCUT2D eigenvalue weighted by atomic mass is 16.5. The summed E-state index contributed by atoms with van der Waals surface area (Å²) in [4.78, 5) is 2.32. The zero-order valence-corrected chi connectivity index (χ0v) is 11.0. The smallest absolute Gasteiger partial charge is 0.0615 e. The maximum atomic E-state index is 5.18. The van der Waals surface area contributed by atoms with Crippen molar-refractivity contribution >= 4 is 5.69 Å². The largest absolute Gasteiger partial charge is 0.384 e. The first-order valence-corrected chi connectivity index (χ1v) is 6.25. The van der Waals surface area contributed by atoms with Gasteiger partial charge in [0.05, 0.1) is 6.61 Å². The summed E-state index contributed by atoms with van der Waals surface area (Å²) in [5.74, 6) is 0. The first kappa shape index (κ1) is 12.4. The van der Waals surface area contributed by atoms with Gasteiger partial charge in [0.1, 0.15) is 0 Å². The van der Waals surface area contributed by atoms with E-state index in [1.165, 1.54) is 16.8 Å². The minimum atomic E-state index is 0.446. The fraction of sp³-hybridized carbons (Fsp3) is 0.571. The topological polar surface area (TPSA) is 24.5 Å². The number of methoxy groups -OCH3 is 1. The lowest BCUT2D eigenvalue weighted by molar-refractivity contribution is 0.112. The zero-order chi connectivity index (χ0) is 12.3. The molecule has 0 amide bonds. The average Bonchev–Trinajstić information content (AvgIpc) is 2.76. The molecule has 0 bridgehead atoms. The van der Waals surface area contributed by atoms with Crippen LogP contribution in [0, 0.1) is 0 Å².